The van der Waals surface area contributed by atoms with Crippen LogP contribution in [-0.4, -0.2) is 268 Å². The number of benzene rings is 1. The van der Waals surface area contributed by atoms with E-state index < -0.39 is 36.1 Å². The Labute approximate surface area is 447 Å². The number of nitrogens with zero attached hydrogens (tertiary/aromatic N) is 7. The maximum Gasteiger partial charge on any atom is 0.619 e. The minimum absolute atomic E-state index is 0.0560. The van der Waals surface area contributed by atoms with Gasteiger partial charge in [-0.3, -0.25) is 53.4 Å². The number of ether oxygens (including phenoxy) is 4. The summed E-state index contributed by atoms with van der Waals surface area (Å²) in [7, 11) is 6.84. The molecule has 75 heavy (non-hydrogen) atoms. The minimum atomic E-state index is -3.06. The number of rotatable bonds is 13. The highest BCUT2D eigenvalue weighted by Gasteiger charge is 2.52. The molecule has 0 saturated carbocycles. The molecule has 1 unspecified atom stereocenters. The third kappa shape index (κ3) is 25.9. The second-order valence-electron chi connectivity index (χ2n) is 20.9. The Balaban J connectivity index is 1.07. The zero-order valence-corrected chi connectivity index (χ0v) is 46.1. The first-order chi connectivity index (χ1) is 36.3. The lowest BCUT2D eigenvalue weighted by molar-refractivity contribution is -0.432. The van der Waals surface area contributed by atoms with Crippen LogP contribution < -0.4 is 31.9 Å². The predicted octanol–water partition coefficient (Wildman–Crippen LogP) is -0.898. The van der Waals surface area contributed by atoms with E-state index in [0.29, 0.717) is 45.6 Å². The van der Waals surface area contributed by atoms with E-state index in [1.807, 2.05) is 0 Å². The van der Waals surface area contributed by atoms with E-state index in [1.165, 1.54) is 11.1 Å². The molecule has 1 aromatic carbocycles. The molecule has 4 aliphatic rings. The van der Waals surface area contributed by atoms with Gasteiger partial charge in [-0.25, -0.2) is 0 Å². The van der Waals surface area contributed by atoms with Crippen molar-refractivity contribution in [2.75, 3.05) is 192 Å². The van der Waals surface area contributed by atoms with Crippen molar-refractivity contribution in [1.29, 1.82) is 0 Å². The summed E-state index contributed by atoms with van der Waals surface area (Å²) in [4.78, 5) is 80.8. The molecule has 0 aliphatic carbocycles. The van der Waals surface area contributed by atoms with Crippen LogP contribution in [0.2, 0.25) is 0 Å². The zero-order chi connectivity index (χ0) is 53.5. The third-order valence-electron chi connectivity index (χ3n) is 14.1. The van der Waals surface area contributed by atoms with E-state index in [4.69, 9.17) is 18.9 Å². The summed E-state index contributed by atoms with van der Waals surface area (Å²) in [6, 6.07) is 8.38. The van der Waals surface area contributed by atoms with E-state index in [2.05, 4.69) is 70.9 Å². The summed E-state index contributed by atoms with van der Waals surface area (Å²) in [5.41, 5.74) is 2.71. The summed E-state index contributed by atoms with van der Waals surface area (Å²) in [5, 5.41) is 21.0. The van der Waals surface area contributed by atoms with Gasteiger partial charge in [0.15, 0.2) is 0 Å². The minimum Gasteiger partial charge on any atom is -0.356 e. The van der Waals surface area contributed by atoms with E-state index in [0.717, 1.165) is 163 Å². The molecule has 22 nitrogen and oxygen atoms in total. The average molecular weight is 1060 g/mol. The third-order valence-corrected chi connectivity index (χ3v) is 14.1. The Morgan fingerprint density at radius 2 is 0.973 bits per heavy atom. The molecule has 0 aromatic heterocycles. The molecule has 4 heterocycles. The van der Waals surface area contributed by atoms with Crippen LogP contribution in [0.4, 0.5) is 0 Å². The first-order valence-corrected chi connectivity index (χ1v) is 28.0. The molecule has 4 aliphatic heterocycles. The second-order valence-corrected chi connectivity index (χ2v) is 20.9. The van der Waals surface area contributed by atoms with Crippen LogP contribution >= 0.6 is 0 Å². The number of unbranched alkanes of at least 4 members (excludes halogenated alkanes) is 1. The topological polar surface area (TPSA) is 217 Å². The Kier molecular flexibility index (Phi) is 29.3. The predicted molar refractivity (Wildman–Crippen MR) is 288 cm³/mol. The van der Waals surface area contributed by atoms with Crippen molar-refractivity contribution in [3.8, 4) is 0 Å². The highest BCUT2D eigenvalue weighted by molar-refractivity contribution is 5.79. The largest absolute Gasteiger partial charge is 0.619 e. The van der Waals surface area contributed by atoms with Gasteiger partial charge in [-0.15, -0.1) is 0 Å². The van der Waals surface area contributed by atoms with Crippen LogP contribution in [0.5, 0.6) is 0 Å². The number of hydrogen-bond donors (Lipinski definition) is 6. The molecule has 1 atom stereocenters. The SMILES string of the molecule is CN1CCN(C)CC(=O)OC2(OC(=O)C1)OC(=O)CN(C)CCN(C)C(CCCNC(=O)CCCCN1CCCN(Cc3ccc(CN4CCCNCCNCCCNCC4)cc3)CCNCCCNCC1)C(=O)O2. The highest BCUT2D eigenvalue weighted by atomic mass is 17.0. The van der Waals surface area contributed by atoms with Gasteiger partial charge in [0.05, 0.1) is 19.6 Å². The van der Waals surface area contributed by atoms with Gasteiger partial charge in [-0.2, -0.15) is 0 Å². The van der Waals surface area contributed by atoms with E-state index in [-0.39, 0.29) is 32.0 Å². The number of nitrogens with one attached hydrogen (secondary N) is 6. The van der Waals surface area contributed by atoms with Gasteiger partial charge in [0.25, 0.3) is 0 Å². The first-order valence-electron chi connectivity index (χ1n) is 28.0. The lowest BCUT2D eigenvalue weighted by atomic mass is 10.1. The quantitative estimate of drug-likeness (QED) is 0.104. The van der Waals surface area contributed by atoms with Gasteiger partial charge in [-0.05, 0) is 150 Å². The first kappa shape index (κ1) is 61.9. The Morgan fingerprint density at radius 1 is 0.520 bits per heavy atom. The molecule has 5 rings (SSSR count). The Bertz CT molecular complexity index is 1760. The van der Waals surface area contributed by atoms with E-state index in [1.54, 1.807) is 47.8 Å². The van der Waals surface area contributed by atoms with Crippen LogP contribution in [-0.2, 0) is 56.0 Å². The lowest BCUT2D eigenvalue weighted by Gasteiger charge is -2.32. The van der Waals surface area contributed by atoms with Crippen LogP contribution in [0.1, 0.15) is 68.9 Å². The van der Waals surface area contributed by atoms with E-state index in [9.17, 15) is 24.0 Å². The van der Waals surface area contributed by atoms with Crippen molar-refractivity contribution < 1.29 is 42.9 Å². The van der Waals surface area contributed by atoms with Crippen LogP contribution in [0.25, 0.3) is 0 Å². The van der Waals surface area contributed by atoms with Crippen molar-refractivity contribution >= 4 is 29.8 Å². The molecule has 0 bridgehead atoms. The fourth-order valence-corrected chi connectivity index (χ4v) is 9.58. The molecule has 1 aromatic rings. The van der Waals surface area contributed by atoms with E-state index >= 15 is 0 Å². The van der Waals surface area contributed by atoms with Crippen LogP contribution in [0, 0.1) is 0 Å². The van der Waals surface area contributed by atoms with Crippen molar-refractivity contribution in [3.05, 3.63) is 35.4 Å². The van der Waals surface area contributed by atoms with Gasteiger partial charge in [0, 0.05) is 105 Å². The lowest BCUT2D eigenvalue weighted by Crippen LogP contribution is -2.53. The number of hydrogen-bond acceptors (Lipinski definition) is 21. The second kappa shape index (κ2) is 35.5. The number of likely N-dealkylation sites (N-methyl/N-ethyl adjacent to an activating group) is 4. The molecule has 4 fully saturated rings. The molecule has 0 radical (unpaired) electrons. The zero-order valence-electron chi connectivity index (χ0n) is 46.1. The molecular formula is C53H95N13O9. The molecular weight excluding hydrogens is 963 g/mol. The Hall–Kier alpha value is -3.91. The van der Waals surface area contributed by atoms with Crippen LogP contribution in [0.3, 0.4) is 0 Å². The maximum absolute atomic E-state index is 14.0. The van der Waals surface area contributed by atoms with Gasteiger partial charge in [0.2, 0.25) is 5.91 Å². The van der Waals surface area contributed by atoms with Crippen molar-refractivity contribution in [1.82, 2.24) is 66.2 Å². The van der Waals surface area contributed by atoms with Crippen LogP contribution in [0.15, 0.2) is 24.3 Å². The molecule has 1 spiro atoms. The maximum atomic E-state index is 14.0. The molecule has 1 amide bonds. The van der Waals surface area contributed by atoms with Crippen molar-refractivity contribution in [3.63, 3.8) is 0 Å². The number of carbonyl (C=O) groups is 5. The van der Waals surface area contributed by atoms with Gasteiger partial charge >= 0.3 is 30.0 Å². The molecule has 4 saturated heterocycles. The van der Waals surface area contributed by atoms with Gasteiger partial charge < -0.3 is 55.7 Å². The number of carbonyl (C=O) groups excluding carboxylic acids is 5. The average Bonchev–Trinajstić information content (AvgIpc) is 3.38. The fraction of sp³-hybridized carbons (Fsp3) is 0.792. The van der Waals surface area contributed by atoms with Crippen molar-refractivity contribution in [2.45, 2.75) is 83.1 Å². The number of esters is 4. The highest BCUT2D eigenvalue weighted by Crippen LogP contribution is 2.24. The van der Waals surface area contributed by atoms with Crippen molar-refractivity contribution in [2.24, 2.45) is 0 Å². The standard InChI is InChI=1S/C53H95N13O9/c1-60-36-37-61(2)43-50(69)73-53(72-49(68)42-60)74-51(70)44-62(3)38-39-63(4)47(52(71)75-53)12-7-23-59-48(67)13-5-6-29-64-31-11-32-66(35-28-58-21-9-20-56-26-33-64)41-46-16-14-45(15-17-46)40-65-30-10-22-55-25-24-54-18-8-19-57-27-34-65/h14-17,47,54-58H,5-13,18-44H2,1-4H3,(H,59,67). The fourth-order valence-electron chi connectivity index (χ4n) is 9.58. The van der Waals surface area contributed by atoms with Gasteiger partial charge in [0.1, 0.15) is 6.04 Å². The smallest absolute Gasteiger partial charge is 0.356 e. The van der Waals surface area contributed by atoms with Gasteiger partial charge in [-0.1, -0.05) is 24.3 Å². The summed E-state index contributed by atoms with van der Waals surface area (Å²) in [6.45, 7) is 20.2. The summed E-state index contributed by atoms with van der Waals surface area (Å²) in [6.07, 6.45) is 4.09. The normalized spacial score (nSPS) is 23.8. The monoisotopic (exact) mass is 1060 g/mol. The molecule has 426 valence electrons. The molecule has 22 heteroatoms. The number of amides is 1. The Morgan fingerprint density at radius 3 is 1.51 bits per heavy atom. The molecule has 6 N–H and O–H groups in total. The summed E-state index contributed by atoms with van der Waals surface area (Å²) >= 11 is 0. The summed E-state index contributed by atoms with van der Waals surface area (Å²) < 4.78 is 21.9. The summed E-state index contributed by atoms with van der Waals surface area (Å²) in [5.74, 6) is -3.73.